The Morgan fingerprint density at radius 1 is 1.43 bits per heavy atom. The molecule has 2 aliphatic heterocycles. The van der Waals surface area contributed by atoms with Crippen LogP contribution in [0.2, 0.25) is 0 Å². The highest BCUT2D eigenvalue weighted by Gasteiger charge is 2.58. The molecule has 5 atom stereocenters. The fourth-order valence-electron chi connectivity index (χ4n) is 3.33. The fourth-order valence-corrected chi connectivity index (χ4v) is 4.68. The number of aliphatic hydroxyl groups excluding tert-OH is 1. The molecule has 4 rings (SSSR count). The molecule has 0 amide bonds. The number of hydrogen-bond acceptors (Lipinski definition) is 8. The van der Waals surface area contributed by atoms with Crippen LogP contribution in [0, 0.1) is 13.8 Å². The zero-order valence-corrected chi connectivity index (χ0v) is 16.7. The summed E-state index contributed by atoms with van der Waals surface area (Å²) in [5, 5.41) is 10.9. The molecule has 0 spiro atoms. The summed E-state index contributed by atoms with van der Waals surface area (Å²) in [6.07, 6.45) is -1.33. The highest BCUT2D eigenvalue weighted by molar-refractivity contribution is 7.85. The van der Waals surface area contributed by atoms with Gasteiger partial charge in [-0.2, -0.15) is 13.6 Å². The molecular formula is C17H21BN2O7P+. The van der Waals surface area contributed by atoms with Gasteiger partial charge in [-0.1, -0.05) is 0 Å². The standard InChI is InChI=1S/C17H21BN2O7P/c1-9-4-12-13(5-10(9)2)20(7-19-12)17-15(22)16-14(26-17)6-24-28(18,27-16)25-8-23-11(3)21/h4-5,7,14-17,22H,6,8H2,1-3H3/q+1/t14-,15+,16+,17-,28?/m1/s1. The second kappa shape index (κ2) is 7.37. The van der Waals surface area contributed by atoms with Crippen LogP contribution in [0.4, 0.5) is 0 Å². The first kappa shape index (κ1) is 19.8. The van der Waals surface area contributed by atoms with Crippen LogP contribution in [0.1, 0.15) is 24.3 Å². The molecule has 2 radical (unpaired) electrons. The van der Waals surface area contributed by atoms with Crippen molar-refractivity contribution in [3.8, 4) is 0 Å². The molecule has 1 N–H and O–H groups in total. The Labute approximate surface area is 163 Å². The van der Waals surface area contributed by atoms with Crippen molar-refractivity contribution in [1.29, 1.82) is 0 Å². The summed E-state index contributed by atoms with van der Waals surface area (Å²) in [6, 6.07) is 4.00. The van der Waals surface area contributed by atoms with E-state index in [1.807, 2.05) is 26.0 Å². The monoisotopic (exact) mass is 407 g/mol. The number of aliphatic hydroxyl groups is 1. The minimum absolute atomic E-state index is 0.0906. The van der Waals surface area contributed by atoms with E-state index < -0.39 is 38.3 Å². The Hall–Kier alpha value is -1.55. The lowest BCUT2D eigenvalue weighted by Gasteiger charge is -2.30. The Kier molecular flexibility index (Phi) is 5.20. The van der Waals surface area contributed by atoms with Crippen molar-refractivity contribution in [1.82, 2.24) is 9.55 Å². The predicted octanol–water partition coefficient (Wildman–Crippen LogP) is 1.71. The predicted molar refractivity (Wildman–Crippen MR) is 100 cm³/mol. The first-order chi connectivity index (χ1) is 13.3. The summed E-state index contributed by atoms with van der Waals surface area (Å²) in [5.41, 5.74) is 3.92. The quantitative estimate of drug-likeness (QED) is 0.354. The van der Waals surface area contributed by atoms with Crippen molar-refractivity contribution in [3.63, 3.8) is 0 Å². The van der Waals surface area contributed by atoms with Gasteiger partial charge in [0.15, 0.2) is 12.3 Å². The zero-order valence-electron chi connectivity index (χ0n) is 15.8. The maximum absolute atomic E-state index is 10.9. The van der Waals surface area contributed by atoms with Crippen molar-refractivity contribution in [3.05, 3.63) is 29.6 Å². The number of carbonyl (C=O) groups excluding carboxylic acids is 1. The molecule has 3 heterocycles. The second-order valence-corrected chi connectivity index (χ2v) is 8.73. The molecular weight excluding hydrogens is 386 g/mol. The molecule has 0 bridgehead atoms. The second-order valence-electron chi connectivity index (χ2n) is 6.92. The van der Waals surface area contributed by atoms with Crippen molar-refractivity contribution in [2.75, 3.05) is 13.4 Å². The largest absolute Gasteiger partial charge is 0.488 e. The Morgan fingerprint density at radius 3 is 2.93 bits per heavy atom. The number of imidazole rings is 1. The minimum Gasteiger partial charge on any atom is -0.434 e. The SMILES string of the molecule is [B][P+]1(OCOC(C)=O)OC[C@H]2O[C@@H](n3cnc4cc(C)c(C)cc43)[C@@H](O)[C@H]2O1. The van der Waals surface area contributed by atoms with Crippen LogP contribution in [0.3, 0.4) is 0 Å². The fraction of sp³-hybridized carbons (Fsp3) is 0.529. The number of benzene rings is 1. The van der Waals surface area contributed by atoms with E-state index in [1.165, 1.54) is 6.92 Å². The van der Waals surface area contributed by atoms with Gasteiger partial charge in [0.05, 0.1) is 17.4 Å². The number of carbonyl (C=O) groups is 1. The number of fused-ring (bicyclic) bond motifs is 2. The first-order valence-corrected chi connectivity index (χ1v) is 10.4. The summed E-state index contributed by atoms with van der Waals surface area (Å²) >= 11 is 0. The number of aromatic nitrogens is 2. The summed E-state index contributed by atoms with van der Waals surface area (Å²) in [7, 11) is 2.79. The zero-order chi connectivity index (χ0) is 20.1. The number of aryl methyl sites for hydroxylation is 2. The molecule has 28 heavy (non-hydrogen) atoms. The Morgan fingerprint density at radius 2 is 2.18 bits per heavy atom. The van der Waals surface area contributed by atoms with Crippen LogP contribution < -0.4 is 0 Å². The van der Waals surface area contributed by atoms with E-state index in [1.54, 1.807) is 10.9 Å². The molecule has 0 saturated carbocycles. The van der Waals surface area contributed by atoms with Gasteiger partial charge < -0.3 is 19.1 Å². The van der Waals surface area contributed by atoms with Crippen molar-refractivity contribution >= 4 is 32.4 Å². The van der Waals surface area contributed by atoms with Gasteiger partial charge >= 0.3 is 21.4 Å². The van der Waals surface area contributed by atoms with Gasteiger partial charge in [0.1, 0.15) is 18.8 Å². The summed E-state index contributed by atoms with van der Waals surface area (Å²) in [6.45, 7) is 4.99. The lowest BCUT2D eigenvalue weighted by atomic mass is 10.1. The van der Waals surface area contributed by atoms with Crippen molar-refractivity contribution in [2.24, 2.45) is 0 Å². The van der Waals surface area contributed by atoms with Gasteiger partial charge in [-0.15, -0.1) is 0 Å². The third-order valence-corrected chi connectivity index (χ3v) is 6.47. The van der Waals surface area contributed by atoms with Crippen LogP contribution in [-0.4, -0.2) is 59.9 Å². The van der Waals surface area contributed by atoms with E-state index in [4.69, 9.17) is 30.6 Å². The van der Waals surface area contributed by atoms with Crippen LogP contribution in [0.25, 0.3) is 11.0 Å². The molecule has 9 nitrogen and oxygen atoms in total. The van der Waals surface area contributed by atoms with Crippen LogP contribution >= 0.6 is 7.82 Å². The maximum atomic E-state index is 10.9. The molecule has 11 heteroatoms. The average molecular weight is 407 g/mol. The summed E-state index contributed by atoms with van der Waals surface area (Å²) in [5.74, 6) is -0.511. The van der Waals surface area contributed by atoms with E-state index in [-0.39, 0.29) is 13.4 Å². The van der Waals surface area contributed by atoms with Gasteiger partial charge in [0.25, 0.3) is 0 Å². The van der Waals surface area contributed by atoms with E-state index in [9.17, 15) is 9.90 Å². The van der Waals surface area contributed by atoms with E-state index >= 15 is 0 Å². The molecule has 148 valence electrons. The maximum Gasteiger partial charge on any atom is 0.488 e. The van der Waals surface area contributed by atoms with Gasteiger partial charge in [-0.05, 0) is 37.1 Å². The smallest absolute Gasteiger partial charge is 0.434 e. The van der Waals surface area contributed by atoms with Gasteiger partial charge in [-0.3, -0.25) is 4.79 Å². The Bertz CT molecular complexity index is 909. The normalized spacial score (nSPS) is 32.4. The molecule has 1 aromatic carbocycles. The summed E-state index contributed by atoms with van der Waals surface area (Å²) in [4.78, 5) is 15.3. The third-order valence-electron chi connectivity index (χ3n) is 4.96. The highest BCUT2D eigenvalue weighted by atomic mass is 31.2. The topological polar surface area (TPSA) is 101 Å². The van der Waals surface area contributed by atoms with Crippen molar-refractivity contribution < 1.29 is 32.9 Å². The van der Waals surface area contributed by atoms with Gasteiger partial charge in [0.2, 0.25) is 6.79 Å². The molecule has 0 aliphatic carbocycles. The van der Waals surface area contributed by atoms with Crippen LogP contribution in [0.5, 0.6) is 0 Å². The van der Waals surface area contributed by atoms with Crippen LogP contribution in [0.15, 0.2) is 18.5 Å². The van der Waals surface area contributed by atoms with Gasteiger partial charge in [0, 0.05) is 6.92 Å². The lowest BCUT2D eigenvalue weighted by molar-refractivity contribution is -0.149. The minimum atomic E-state index is -3.23. The van der Waals surface area contributed by atoms with E-state index in [0.717, 1.165) is 22.2 Å². The molecule has 1 aromatic heterocycles. The number of hydrogen-bond donors (Lipinski definition) is 1. The number of ether oxygens (including phenoxy) is 2. The summed E-state index contributed by atoms with van der Waals surface area (Å²) < 4.78 is 29.0. The van der Waals surface area contributed by atoms with Crippen molar-refractivity contribution in [2.45, 2.75) is 45.3 Å². The number of rotatable bonds is 4. The number of esters is 1. The average Bonchev–Trinajstić information content (AvgIpc) is 3.16. The Balaban J connectivity index is 1.53. The molecule has 2 fully saturated rings. The molecule has 2 aliphatic rings. The molecule has 2 aromatic rings. The molecule has 2 saturated heterocycles. The first-order valence-electron chi connectivity index (χ1n) is 8.83. The van der Waals surface area contributed by atoms with E-state index in [0.29, 0.717) is 0 Å². The van der Waals surface area contributed by atoms with E-state index in [2.05, 4.69) is 4.98 Å². The van der Waals surface area contributed by atoms with Crippen LogP contribution in [-0.2, 0) is 27.8 Å². The number of nitrogens with zero attached hydrogens (tertiary/aromatic N) is 2. The van der Waals surface area contributed by atoms with Gasteiger partial charge in [-0.25, -0.2) is 4.98 Å². The lowest BCUT2D eigenvalue weighted by Crippen LogP contribution is -2.41. The molecule has 1 unspecified atom stereocenters. The highest BCUT2D eigenvalue weighted by Crippen LogP contribution is 2.62. The third kappa shape index (κ3) is 3.56.